The number of para-hydroxylation sites is 5. The first-order valence-electron chi connectivity index (χ1n) is 23.2. The van der Waals surface area contributed by atoms with Crippen molar-refractivity contribution in [2.75, 3.05) is 9.80 Å². The Hall–Kier alpha value is -9.39. The lowest BCUT2D eigenvalue weighted by atomic mass is 10.0. The van der Waals surface area contributed by atoms with Crippen molar-refractivity contribution in [2.45, 2.75) is 0 Å². The summed E-state index contributed by atoms with van der Waals surface area (Å²) in [4.78, 5) is 19.5. The van der Waals surface area contributed by atoms with Gasteiger partial charge in [-0.2, -0.15) is 0 Å². The number of benzene rings is 10. The molecule has 69 heavy (non-hydrogen) atoms. The van der Waals surface area contributed by atoms with Crippen molar-refractivity contribution in [3.8, 4) is 51.0 Å². The summed E-state index contributed by atoms with van der Waals surface area (Å²) in [6, 6.07) is 93.6. The van der Waals surface area contributed by atoms with Gasteiger partial charge in [-0.05, 0) is 109 Å². The van der Waals surface area contributed by atoms with Gasteiger partial charge in [-0.3, -0.25) is 0 Å². The Kier molecular flexibility index (Phi) is 10.8. The van der Waals surface area contributed by atoms with Gasteiger partial charge in [0.05, 0.1) is 11.0 Å². The van der Waals surface area contributed by atoms with Crippen LogP contribution in [0.15, 0.2) is 267 Å². The Morgan fingerprint density at radius 2 is 0.609 bits per heavy atom. The van der Waals surface area contributed by atoms with E-state index in [1.807, 2.05) is 60.7 Å². The Balaban J connectivity index is 0.919. The predicted molar refractivity (Wildman–Crippen MR) is 285 cm³/mol. The van der Waals surface area contributed by atoms with E-state index in [9.17, 15) is 0 Å². The Labute approximate surface area is 401 Å². The maximum atomic E-state index is 5.00. The molecule has 0 amide bonds. The molecule has 0 N–H and O–H groups in total. The molecule has 0 aliphatic carbocycles. The number of hydrogen-bond acceptors (Lipinski definition) is 5. The molecular formula is C63H44N6. The Morgan fingerprint density at radius 1 is 0.261 bits per heavy atom. The summed E-state index contributed by atoms with van der Waals surface area (Å²) in [7, 11) is 0. The highest BCUT2D eigenvalue weighted by atomic mass is 15.2. The first kappa shape index (κ1) is 41.1. The van der Waals surface area contributed by atoms with Gasteiger partial charge in [0.2, 0.25) is 0 Å². The van der Waals surface area contributed by atoms with Gasteiger partial charge in [-0.15, -0.1) is 0 Å². The van der Waals surface area contributed by atoms with Crippen molar-refractivity contribution in [1.82, 2.24) is 19.5 Å². The summed E-state index contributed by atoms with van der Waals surface area (Å²) in [6.07, 6.45) is 0. The maximum absolute atomic E-state index is 5.00. The van der Waals surface area contributed by atoms with Crippen LogP contribution in [-0.2, 0) is 0 Å². The van der Waals surface area contributed by atoms with Gasteiger partial charge < -0.3 is 14.4 Å². The molecule has 0 radical (unpaired) electrons. The maximum Gasteiger partial charge on any atom is 0.164 e. The highest BCUT2D eigenvalue weighted by molar-refractivity contribution is 6.13. The molecule has 6 nitrogen and oxygen atoms in total. The number of anilines is 6. The highest BCUT2D eigenvalue weighted by Gasteiger charge is 2.20. The molecule has 2 aromatic heterocycles. The first-order valence-corrected chi connectivity index (χ1v) is 23.2. The third-order valence-corrected chi connectivity index (χ3v) is 12.6. The summed E-state index contributed by atoms with van der Waals surface area (Å²) in [6.45, 7) is 0. The quantitative estimate of drug-likeness (QED) is 0.130. The number of nitrogens with zero attached hydrogens (tertiary/aromatic N) is 6. The van der Waals surface area contributed by atoms with Crippen molar-refractivity contribution in [2.24, 2.45) is 0 Å². The average Bonchev–Trinajstić information content (AvgIpc) is 3.78. The van der Waals surface area contributed by atoms with Crippen LogP contribution >= 0.6 is 0 Å². The first-order chi connectivity index (χ1) is 34.2. The predicted octanol–water partition coefficient (Wildman–Crippen LogP) is 16.6. The zero-order valence-corrected chi connectivity index (χ0v) is 37.6. The van der Waals surface area contributed by atoms with E-state index in [1.165, 1.54) is 10.8 Å². The zero-order chi connectivity index (χ0) is 45.9. The Bertz CT molecular complexity index is 3580. The van der Waals surface area contributed by atoms with Crippen LogP contribution in [0.2, 0.25) is 0 Å². The molecule has 0 saturated heterocycles. The third kappa shape index (κ3) is 7.96. The number of hydrogen-bond donors (Lipinski definition) is 0. The minimum atomic E-state index is 0.624. The molecule has 12 aromatic rings. The van der Waals surface area contributed by atoms with Crippen molar-refractivity contribution in [1.29, 1.82) is 0 Å². The molecule has 0 saturated carbocycles. The molecule has 0 aliphatic heterocycles. The molecule has 0 bridgehead atoms. The van der Waals surface area contributed by atoms with Crippen LogP contribution in [-0.4, -0.2) is 19.5 Å². The lowest BCUT2D eigenvalue weighted by Gasteiger charge is -2.28. The summed E-state index contributed by atoms with van der Waals surface area (Å²) in [5.74, 6) is 1.90. The monoisotopic (exact) mass is 884 g/mol. The van der Waals surface area contributed by atoms with Crippen molar-refractivity contribution in [3.05, 3.63) is 267 Å². The van der Waals surface area contributed by atoms with E-state index in [-0.39, 0.29) is 0 Å². The average molecular weight is 885 g/mol. The number of aromatic nitrogens is 4. The molecule has 0 fully saturated rings. The lowest BCUT2D eigenvalue weighted by Crippen LogP contribution is -2.12. The van der Waals surface area contributed by atoms with Crippen LogP contribution in [0.1, 0.15) is 0 Å². The minimum absolute atomic E-state index is 0.624. The van der Waals surface area contributed by atoms with Crippen LogP contribution < -0.4 is 9.80 Å². The van der Waals surface area contributed by atoms with Crippen LogP contribution in [0.5, 0.6) is 0 Å². The third-order valence-electron chi connectivity index (χ3n) is 12.6. The van der Waals surface area contributed by atoms with Crippen LogP contribution in [0.3, 0.4) is 0 Å². The van der Waals surface area contributed by atoms with Gasteiger partial charge in [-0.25, -0.2) is 15.0 Å². The van der Waals surface area contributed by atoms with E-state index >= 15 is 0 Å². The zero-order valence-electron chi connectivity index (χ0n) is 37.6. The van der Waals surface area contributed by atoms with Gasteiger partial charge in [0, 0.05) is 72.8 Å². The fourth-order valence-corrected chi connectivity index (χ4v) is 9.38. The van der Waals surface area contributed by atoms with E-state index in [2.05, 4.69) is 221 Å². The molecule has 2 heterocycles. The molecule has 0 spiro atoms. The minimum Gasteiger partial charge on any atom is -0.311 e. The van der Waals surface area contributed by atoms with Gasteiger partial charge in [0.15, 0.2) is 17.5 Å². The SMILES string of the molecule is c1ccc(-c2nc(-c3ccccc3)nc(-c3ccc(-n4c5ccccc5c5cccc(-c6ccc(N(c7ccccc7)c7ccc(N(c8ccccc8)c8ccccc8)cc7)cc6)c54)cc3)n2)cc1. The highest BCUT2D eigenvalue weighted by Crippen LogP contribution is 2.42. The lowest BCUT2D eigenvalue weighted by molar-refractivity contribution is 1.07. The van der Waals surface area contributed by atoms with Gasteiger partial charge in [-0.1, -0.05) is 164 Å². The summed E-state index contributed by atoms with van der Waals surface area (Å²) < 4.78 is 2.39. The van der Waals surface area contributed by atoms with Gasteiger partial charge >= 0.3 is 0 Å². The fraction of sp³-hybridized carbons (Fsp3) is 0. The smallest absolute Gasteiger partial charge is 0.164 e. The normalized spacial score (nSPS) is 11.2. The Morgan fingerprint density at radius 3 is 1.07 bits per heavy atom. The summed E-state index contributed by atoms with van der Waals surface area (Å²) >= 11 is 0. The van der Waals surface area contributed by atoms with Crippen molar-refractivity contribution >= 4 is 55.9 Å². The topological polar surface area (TPSA) is 50.1 Å². The van der Waals surface area contributed by atoms with Gasteiger partial charge in [0.25, 0.3) is 0 Å². The molecule has 10 aromatic carbocycles. The second kappa shape index (κ2) is 18.1. The molecule has 326 valence electrons. The fourth-order valence-electron chi connectivity index (χ4n) is 9.38. The number of rotatable bonds is 11. The number of fused-ring (bicyclic) bond motifs is 3. The van der Waals surface area contributed by atoms with Crippen molar-refractivity contribution in [3.63, 3.8) is 0 Å². The molecule has 12 rings (SSSR count). The standard InChI is InChI=1S/C63H44N6/c1-6-19-46(20-7-1)61-64-62(47-21-8-2-9-22-47)66-63(65-61)48-35-39-55(40-36-48)69-59-32-17-16-29-57(59)58-31-18-30-56(60(58)69)45-33-37-52(38-34-45)68(51-27-14-5-15-28-51)54-43-41-53(42-44-54)67(49-23-10-3-11-24-49)50-25-12-4-13-26-50/h1-44H. The van der Waals surface area contributed by atoms with E-state index in [0.29, 0.717) is 17.5 Å². The van der Waals surface area contributed by atoms with Crippen LogP contribution in [0, 0.1) is 0 Å². The molecular weight excluding hydrogens is 841 g/mol. The molecule has 0 atom stereocenters. The second-order valence-corrected chi connectivity index (χ2v) is 16.9. The van der Waals surface area contributed by atoms with E-state index in [0.717, 1.165) is 78.7 Å². The summed E-state index contributed by atoms with van der Waals surface area (Å²) in [5.41, 5.74) is 14.9. The summed E-state index contributed by atoms with van der Waals surface area (Å²) in [5, 5.41) is 2.39. The van der Waals surface area contributed by atoms with Crippen molar-refractivity contribution < 1.29 is 0 Å². The van der Waals surface area contributed by atoms with Crippen LogP contribution in [0.4, 0.5) is 34.1 Å². The van der Waals surface area contributed by atoms with E-state index in [4.69, 9.17) is 15.0 Å². The largest absolute Gasteiger partial charge is 0.311 e. The van der Waals surface area contributed by atoms with E-state index in [1.54, 1.807) is 0 Å². The van der Waals surface area contributed by atoms with E-state index < -0.39 is 0 Å². The van der Waals surface area contributed by atoms with Gasteiger partial charge in [0.1, 0.15) is 0 Å². The van der Waals surface area contributed by atoms with Crippen LogP contribution in [0.25, 0.3) is 72.8 Å². The molecule has 6 heteroatoms. The molecule has 0 unspecified atom stereocenters. The second-order valence-electron chi connectivity index (χ2n) is 16.9. The molecule has 0 aliphatic rings.